The molecule has 102 valence electrons. The monoisotopic (exact) mass is 274 g/mol. The minimum Gasteiger partial charge on any atom is -0.369 e. The van der Waals surface area contributed by atoms with Crippen LogP contribution in [-0.2, 0) is 13.1 Å². The van der Waals surface area contributed by atoms with Crippen molar-refractivity contribution in [1.82, 2.24) is 5.32 Å². The molecular weight excluding hydrogens is 252 g/mol. The lowest BCUT2D eigenvalue weighted by Gasteiger charge is -2.20. The molecule has 1 N–H and O–H groups in total. The molecular formula is C16H22N2S. The Bertz CT molecular complexity index is 505. The number of thiophene rings is 1. The summed E-state index contributed by atoms with van der Waals surface area (Å²) in [5.74, 6) is 0. The van der Waals surface area contributed by atoms with Gasteiger partial charge in [0.1, 0.15) is 0 Å². The fraction of sp³-hybridized carbons (Fsp3) is 0.375. The highest BCUT2D eigenvalue weighted by Crippen LogP contribution is 2.21. The summed E-state index contributed by atoms with van der Waals surface area (Å²) in [6.45, 7) is 7.27. The minimum atomic E-state index is 0.956. The second-order valence-corrected chi connectivity index (χ2v) is 5.86. The lowest BCUT2D eigenvalue weighted by molar-refractivity contribution is 0.723. The molecule has 3 heteroatoms. The molecule has 0 unspecified atom stereocenters. The van der Waals surface area contributed by atoms with Crippen molar-refractivity contribution in [2.75, 3.05) is 18.5 Å². The van der Waals surface area contributed by atoms with Crippen LogP contribution in [0.3, 0.4) is 0 Å². The van der Waals surface area contributed by atoms with E-state index < -0.39 is 0 Å². The molecule has 0 spiro atoms. The predicted molar refractivity (Wildman–Crippen MR) is 85.0 cm³/mol. The van der Waals surface area contributed by atoms with E-state index >= 15 is 0 Å². The Morgan fingerprint density at radius 2 is 2.11 bits per heavy atom. The first-order chi connectivity index (χ1) is 9.20. The first-order valence-corrected chi connectivity index (χ1v) is 7.62. The van der Waals surface area contributed by atoms with E-state index in [9.17, 15) is 0 Å². The van der Waals surface area contributed by atoms with Gasteiger partial charge in [-0.2, -0.15) is 0 Å². The molecule has 0 aliphatic heterocycles. The summed E-state index contributed by atoms with van der Waals surface area (Å²) in [7, 11) is 2.15. The zero-order chi connectivity index (χ0) is 13.7. The second-order valence-electron chi connectivity index (χ2n) is 4.83. The van der Waals surface area contributed by atoms with Crippen LogP contribution in [-0.4, -0.2) is 13.6 Å². The topological polar surface area (TPSA) is 15.3 Å². The molecule has 0 aliphatic carbocycles. The van der Waals surface area contributed by atoms with Gasteiger partial charge in [-0.05, 0) is 48.2 Å². The predicted octanol–water partition coefficient (Wildman–Crippen LogP) is 3.80. The van der Waals surface area contributed by atoms with Crippen LogP contribution in [0.2, 0.25) is 0 Å². The summed E-state index contributed by atoms with van der Waals surface area (Å²) in [6.07, 6.45) is 0. The SMILES string of the molecule is CCNCc1ccc(N(C)Cc2cccs2)cc1C. The van der Waals surface area contributed by atoms with Gasteiger partial charge >= 0.3 is 0 Å². The van der Waals surface area contributed by atoms with Gasteiger partial charge in [-0.1, -0.05) is 19.1 Å². The highest BCUT2D eigenvalue weighted by atomic mass is 32.1. The summed E-state index contributed by atoms with van der Waals surface area (Å²) < 4.78 is 0. The zero-order valence-corrected chi connectivity index (χ0v) is 12.8. The lowest BCUT2D eigenvalue weighted by Crippen LogP contribution is -2.17. The fourth-order valence-corrected chi connectivity index (χ4v) is 2.86. The van der Waals surface area contributed by atoms with Crippen molar-refractivity contribution in [2.45, 2.75) is 26.9 Å². The highest BCUT2D eigenvalue weighted by molar-refractivity contribution is 7.09. The molecule has 0 radical (unpaired) electrons. The summed E-state index contributed by atoms with van der Waals surface area (Å²) in [5, 5.41) is 5.51. The van der Waals surface area contributed by atoms with E-state index in [1.165, 1.54) is 21.7 Å². The first kappa shape index (κ1) is 14.1. The van der Waals surface area contributed by atoms with Gasteiger partial charge in [-0.15, -0.1) is 11.3 Å². The number of rotatable bonds is 6. The molecule has 1 heterocycles. The third-order valence-electron chi connectivity index (χ3n) is 3.31. The Balaban J connectivity index is 2.06. The van der Waals surface area contributed by atoms with Crippen LogP contribution >= 0.6 is 11.3 Å². The molecule has 0 aliphatic rings. The van der Waals surface area contributed by atoms with Crippen LogP contribution in [0.4, 0.5) is 5.69 Å². The highest BCUT2D eigenvalue weighted by Gasteiger charge is 2.05. The zero-order valence-electron chi connectivity index (χ0n) is 11.9. The average molecular weight is 274 g/mol. The number of nitrogens with zero attached hydrogens (tertiary/aromatic N) is 1. The minimum absolute atomic E-state index is 0.956. The summed E-state index contributed by atoms with van der Waals surface area (Å²) in [4.78, 5) is 3.70. The molecule has 2 rings (SSSR count). The van der Waals surface area contributed by atoms with Crippen molar-refractivity contribution in [3.05, 3.63) is 51.7 Å². The molecule has 2 nitrogen and oxygen atoms in total. The van der Waals surface area contributed by atoms with E-state index in [2.05, 4.69) is 66.8 Å². The van der Waals surface area contributed by atoms with Gasteiger partial charge in [-0.25, -0.2) is 0 Å². The molecule has 0 atom stereocenters. The van der Waals surface area contributed by atoms with Gasteiger partial charge in [0.15, 0.2) is 0 Å². The first-order valence-electron chi connectivity index (χ1n) is 6.74. The third-order valence-corrected chi connectivity index (χ3v) is 4.17. The Morgan fingerprint density at radius 3 is 2.74 bits per heavy atom. The summed E-state index contributed by atoms with van der Waals surface area (Å²) in [5.41, 5.74) is 4.03. The van der Waals surface area contributed by atoms with Gasteiger partial charge < -0.3 is 10.2 Å². The molecule has 2 aromatic rings. The Labute approximate surface area is 120 Å². The van der Waals surface area contributed by atoms with Crippen molar-refractivity contribution in [3.63, 3.8) is 0 Å². The molecule has 0 amide bonds. The maximum absolute atomic E-state index is 3.38. The Kier molecular flexibility index (Phi) is 5.00. The van der Waals surface area contributed by atoms with E-state index in [0.29, 0.717) is 0 Å². The molecule has 1 aromatic heterocycles. The average Bonchev–Trinajstić information content (AvgIpc) is 2.90. The van der Waals surface area contributed by atoms with Gasteiger partial charge in [0.05, 0.1) is 6.54 Å². The molecule has 0 saturated carbocycles. The van der Waals surface area contributed by atoms with Gasteiger partial charge in [-0.3, -0.25) is 0 Å². The van der Waals surface area contributed by atoms with Crippen molar-refractivity contribution in [1.29, 1.82) is 0 Å². The normalized spacial score (nSPS) is 10.7. The maximum atomic E-state index is 3.38. The van der Waals surface area contributed by atoms with E-state index in [0.717, 1.165) is 19.6 Å². The van der Waals surface area contributed by atoms with Crippen molar-refractivity contribution in [3.8, 4) is 0 Å². The summed E-state index contributed by atoms with van der Waals surface area (Å²) in [6, 6.07) is 11.0. The van der Waals surface area contributed by atoms with Gasteiger partial charge in [0.2, 0.25) is 0 Å². The largest absolute Gasteiger partial charge is 0.369 e. The molecule has 0 bridgehead atoms. The van der Waals surface area contributed by atoms with Crippen LogP contribution in [0.5, 0.6) is 0 Å². The molecule has 19 heavy (non-hydrogen) atoms. The van der Waals surface area contributed by atoms with Gasteiger partial charge in [0, 0.05) is 24.2 Å². The number of hydrogen-bond donors (Lipinski definition) is 1. The van der Waals surface area contributed by atoms with Crippen LogP contribution in [0.1, 0.15) is 22.9 Å². The number of benzene rings is 1. The van der Waals surface area contributed by atoms with Crippen LogP contribution in [0, 0.1) is 6.92 Å². The number of hydrogen-bond acceptors (Lipinski definition) is 3. The van der Waals surface area contributed by atoms with Crippen LogP contribution < -0.4 is 10.2 Å². The quantitative estimate of drug-likeness (QED) is 0.862. The van der Waals surface area contributed by atoms with Crippen molar-refractivity contribution >= 4 is 17.0 Å². The Hall–Kier alpha value is -1.32. The number of aryl methyl sites for hydroxylation is 1. The van der Waals surface area contributed by atoms with E-state index in [-0.39, 0.29) is 0 Å². The number of nitrogens with one attached hydrogen (secondary N) is 1. The maximum Gasteiger partial charge on any atom is 0.0519 e. The lowest BCUT2D eigenvalue weighted by atomic mass is 10.1. The van der Waals surface area contributed by atoms with Crippen molar-refractivity contribution in [2.24, 2.45) is 0 Å². The van der Waals surface area contributed by atoms with Crippen molar-refractivity contribution < 1.29 is 0 Å². The Morgan fingerprint density at radius 1 is 1.26 bits per heavy atom. The fourth-order valence-electron chi connectivity index (χ4n) is 2.10. The molecule has 0 saturated heterocycles. The van der Waals surface area contributed by atoms with Crippen LogP contribution in [0.25, 0.3) is 0 Å². The van der Waals surface area contributed by atoms with E-state index in [1.807, 2.05) is 11.3 Å². The third kappa shape index (κ3) is 3.82. The smallest absolute Gasteiger partial charge is 0.0519 e. The summed E-state index contributed by atoms with van der Waals surface area (Å²) >= 11 is 1.81. The standard InChI is InChI=1S/C16H22N2S/c1-4-17-11-14-7-8-15(10-13(14)2)18(3)12-16-6-5-9-19-16/h5-10,17H,4,11-12H2,1-3H3. The second kappa shape index (κ2) is 6.73. The van der Waals surface area contributed by atoms with E-state index in [4.69, 9.17) is 0 Å². The molecule has 0 fully saturated rings. The molecule has 1 aromatic carbocycles. The van der Waals surface area contributed by atoms with Crippen LogP contribution in [0.15, 0.2) is 35.7 Å². The van der Waals surface area contributed by atoms with Gasteiger partial charge in [0.25, 0.3) is 0 Å². The number of anilines is 1. The van der Waals surface area contributed by atoms with E-state index in [1.54, 1.807) is 0 Å².